The molecule has 3 nitrogen and oxygen atoms in total. The van der Waals surface area contributed by atoms with Crippen LogP contribution in [0.4, 0.5) is 0 Å². The van der Waals surface area contributed by atoms with Crippen molar-refractivity contribution in [3.63, 3.8) is 0 Å². The zero-order valence-corrected chi connectivity index (χ0v) is 29.5. The van der Waals surface area contributed by atoms with Gasteiger partial charge >= 0.3 is 0 Å². The molecule has 0 bridgehead atoms. The Morgan fingerprint density at radius 3 is 1.50 bits per heavy atom. The average molecular weight is 581 g/mol. The molecule has 0 spiro atoms. The highest BCUT2D eigenvalue weighted by Gasteiger charge is 2.22. The molecule has 3 rings (SSSR count). The number of aliphatic hydroxyl groups is 1. The first-order valence-corrected chi connectivity index (χ1v) is 16.5. The van der Waals surface area contributed by atoms with Crippen LogP contribution in [0.5, 0.6) is 0 Å². The molecule has 0 fully saturated rings. The van der Waals surface area contributed by atoms with Crippen molar-refractivity contribution < 1.29 is 14.6 Å². The van der Waals surface area contributed by atoms with E-state index in [4.69, 9.17) is 9.47 Å². The van der Waals surface area contributed by atoms with Crippen LogP contribution in [0, 0.1) is 25.7 Å². The van der Waals surface area contributed by atoms with Crippen LogP contribution < -0.4 is 0 Å². The number of aryl methyl sites for hydroxylation is 2. The molecule has 0 aliphatic heterocycles. The Bertz CT molecular complexity index is 1200. The monoisotopic (exact) mass is 580 g/mol. The molecule has 0 saturated heterocycles. The molecule has 0 aliphatic rings. The third-order valence-corrected chi connectivity index (χ3v) is 7.77. The molecule has 0 amide bonds. The molecule has 0 saturated carbocycles. The van der Waals surface area contributed by atoms with E-state index in [9.17, 15) is 5.11 Å². The minimum Gasteiger partial charge on any atom is -0.393 e. The molecule has 238 valence electrons. The van der Waals surface area contributed by atoms with Crippen LogP contribution in [0.3, 0.4) is 0 Å². The minimum atomic E-state index is -0.539. The summed E-state index contributed by atoms with van der Waals surface area (Å²) in [5.41, 5.74) is 4.34. The fourth-order valence-corrected chi connectivity index (χ4v) is 4.97. The Morgan fingerprint density at radius 1 is 0.690 bits per heavy atom. The number of fused-ring (bicyclic) bond motifs is 2. The van der Waals surface area contributed by atoms with Gasteiger partial charge in [-0.05, 0) is 115 Å². The molecule has 42 heavy (non-hydrogen) atoms. The molecule has 0 radical (unpaired) electrons. The second-order valence-corrected chi connectivity index (χ2v) is 14.0. The summed E-state index contributed by atoms with van der Waals surface area (Å²) in [6.45, 7) is 29.2. The summed E-state index contributed by atoms with van der Waals surface area (Å²) in [5.74, 6) is 1.73. The zero-order chi connectivity index (χ0) is 32.1. The van der Waals surface area contributed by atoms with Crippen LogP contribution in [0.25, 0.3) is 21.5 Å². The van der Waals surface area contributed by atoms with E-state index in [1.54, 1.807) is 0 Å². The molecule has 0 aliphatic carbocycles. The molecule has 3 heteroatoms. The van der Waals surface area contributed by atoms with Crippen molar-refractivity contribution >= 4 is 21.5 Å². The number of rotatable bonds is 12. The average Bonchev–Trinajstić information content (AvgIpc) is 2.93. The van der Waals surface area contributed by atoms with Crippen molar-refractivity contribution in [1.29, 1.82) is 0 Å². The normalized spacial score (nSPS) is 13.1. The highest BCUT2D eigenvalue weighted by atomic mass is 16.5. The van der Waals surface area contributed by atoms with E-state index in [0.29, 0.717) is 13.2 Å². The van der Waals surface area contributed by atoms with Crippen molar-refractivity contribution in [2.24, 2.45) is 11.8 Å². The Kier molecular flexibility index (Phi) is 16.3. The number of ether oxygens (including phenoxy) is 2. The molecule has 1 unspecified atom stereocenters. The van der Waals surface area contributed by atoms with Gasteiger partial charge in [0.1, 0.15) is 0 Å². The van der Waals surface area contributed by atoms with Crippen molar-refractivity contribution in [3.8, 4) is 0 Å². The maximum Gasteiger partial charge on any atom is 0.0860 e. The Labute approximate surface area is 259 Å². The third kappa shape index (κ3) is 12.3. The van der Waals surface area contributed by atoms with Crippen LogP contribution >= 0.6 is 0 Å². The van der Waals surface area contributed by atoms with Gasteiger partial charge in [0.15, 0.2) is 0 Å². The van der Waals surface area contributed by atoms with Gasteiger partial charge in [0.05, 0.1) is 31.0 Å². The lowest BCUT2D eigenvalue weighted by Crippen LogP contribution is -2.28. The Morgan fingerprint density at radius 2 is 1.14 bits per heavy atom. The number of aliphatic hydroxyl groups excluding tert-OH is 1. The van der Waals surface area contributed by atoms with Gasteiger partial charge in [0, 0.05) is 0 Å². The third-order valence-electron chi connectivity index (χ3n) is 7.77. The van der Waals surface area contributed by atoms with Crippen molar-refractivity contribution in [3.05, 3.63) is 58.7 Å². The Balaban J connectivity index is 0.000000760. The summed E-state index contributed by atoms with van der Waals surface area (Å²) in [6, 6.07) is 13.3. The van der Waals surface area contributed by atoms with E-state index in [1.807, 2.05) is 13.8 Å². The fraction of sp³-hybridized carbons (Fsp3) is 0.641. The van der Waals surface area contributed by atoms with Gasteiger partial charge in [-0.25, -0.2) is 0 Å². The smallest absolute Gasteiger partial charge is 0.0860 e. The van der Waals surface area contributed by atoms with Gasteiger partial charge in [-0.15, -0.1) is 0 Å². The van der Waals surface area contributed by atoms with E-state index in [2.05, 4.69) is 113 Å². The van der Waals surface area contributed by atoms with Gasteiger partial charge in [-0.2, -0.15) is 0 Å². The molecule has 3 aromatic rings. The van der Waals surface area contributed by atoms with Gasteiger partial charge in [0.2, 0.25) is 0 Å². The maximum atomic E-state index is 9.47. The number of hydrogen-bond donors (Lipinski definition) is 1. The van der Waals surface area contributed by atoms with Gasteiger partial charge < -0.3 is 14.6 Å². The predicted molar refractivity (Wildman–Crippen MR) is 186 cm³/mol. The number of hydrogen-bond acceptors (Lipinski definition) is 3. The second kappa shape index (κ2) is 18.0. The fourth-order valence-electron chi connectivity index (χ4n) is 4.97. The van der Waals surface area contributed by atoms with E-state index >= 15 is 0 Å². The zero-order valence-electron chi connectivity index (χ0n) is 29.5. The molecular weight excluding hydrogens is 516 g/mol. The minimum absolute atomic E-state index is 0.00351. The van der Waals surface area contributed by atoms with Crippen LogP contribution in [0.15, 0.2) is 36.4 Å². The highest BCUT2D eigenvalue weighted by molar-refractivity contribution is 6.05. The Hall–Kier alpha value is -1.94. The van der Waals surface area contributed by atoms with Gasteiger partial charge in [-0.1, -0.05) is 98.9 Å². The van der Waals surface area contributed by atoms with E-state index in [0.717, 1.165) is 36.7 Å². The highest BCUT2D eigenvalue weighted by Crippen LogP contribution is 2.34. The summed E-state index contributed by atoms with van der Waals surface area (Å²) >= 11 is 0. The quantitative estimate of drug-likeness (QED) is 0.217. The summed E-state index contributed by atoms with van der Waals surface area (Å²) in [6.07, 6.45) is 5.94. The first-order chi connectivity index (χ1) is 19.6. The molecular formula is C39H64O3. The first kappa shape index (κ1) is 38.1. The molecule has 1 N–H and O–H groups in total. The topological polar surface area (TPSA) is 38.7 Å². The summed E-state index contributed by atoms with van der Waals surface area (Å²) in [4.78, 5) is 0. The van der Waals surface area contributed by atoms with Crippen molar-refractivity contribution in [1.82, 2.24) is 0 Å². The standard InChI is InChI=1S/C29H40O3.C6H14.C4H10/c1-8-14-29(7,9-2)32-18-23-11-13-25-20(3)24-12-10-22(17-31-28(5,6)19-30)15-26(24)21(4)27(25)16-23;1-4-5-6(2)3;1-4(2)3/h10-13,15-16,30H,8-9,14,17-19H2,1-7H3;6H,4-5H2,1-3H3;4H,1-3H3. The number of benzene rings is 3. The SMILES string of the molecule is CC(C)C.CCCC(C)(CC)OCc1ccc2c(C)c3ccc(COC(C)(C)CO)cc3c(C)c2c1.CCCC(C)C. The lowest BCUT2D eigenvalue weighted by Gasteiger charge is -2.28. The van der Waals surface area contributed by atoms with Crippen molar-refractivity contribution in [2.75, 3.05) is 6.61 Å². The van der Waals surface area contributed by atoms with Gasteiger partial charge in [0.25, 0.3) is 0 Å². The second-order valence-electron chi connectivity index (χ2n) is 14.0. The van der Waals surface area contributed by atoms with E-state index in [1.165, 1.54) is 51.1 Å². The van der Waals surface area contributed by atoms with Crippen LogP contribution in [-0.4, -0.2) is 22.9 Å². The summed E-state index contributed by atoms with van der Waals surface area (Å²) in [5, 5.41) is 14.6. The summed E-state index contributed by atoms with van der Waals surface area (Å²) < 4.78 is 12.3. The lowest BCUT2D eigenvalue weighted by molar-refractivity contribution is -0.0632. The molecule has 0 aromatic heterocycles. The van der Waals surface area contributed by atoms with Crippen LogP contribution in [0.1, 0.15) is 131 Å². The maximum absolute atomic E-state index is 9.47. The lowest BCUT2D eigenvalue weighted by atomic mass is 9.91. The van der Waals surface area contributed by atoms with Crippen LogP contribution in [0.2, 0.25) is 0 Å². The first-order valence-electron chi connectivity index (χ1n) is 16.5. The molecule has 0 heterocycles. The molecule has 1 atom stereocenters. The molecule has 3 aromatic carbocycles. The van der Waals surface area contributed by atoms with Gasteiger partial charge in [-0.3, -0.25) is 0 Å². The predicted octanol–water partition coefficient (Wildman–Crippen LogP) is 11.5. The summed E-state index contributed by atoms with van der Waals surface area (Å²) in [7, 11) is 0. The van der Waals surface area contributed by atoms with Crippen molar-refractivity contribution in [2.45, 2.75) is 147 Å². The van der Waals surface area contributed by atoms with E-state index in [-0.39, 0.29) is 12.2 Å². The largest absolute Gasteiger partial charge is 0.393 e. The van der Waals surface area contributed by atoms with Crippen LogP contribution in [-0.2, 0) is 22.7 Å². The van der Waals surface area contributed by atoms with E-state index < -0.39 is 5.60 Å².